The molecule has 6 heteroatoms. The Morgan fingerprint density at radius 2 is 1.14 bits per heavy atom. The van der Waals surface area contributed by atoms with E-state index < -0.39 is 20.6 Å². The van der Waals surface area contributed by atoms with E-state index in [1.54, 1.807) is 0 Å². The lowest BCUT2D eigenvalue weighted by molar-refractivity contribution is 0.627. The molecule has 0 aromatic rings. The summed E-state index contributed by atoms with van der Waals surface area (Å²) in [6, 6.07) is 0. The van der Waals surface area contributed by atoms with Gasteiger partial charge < -0.3 is 0 Å². The summed E-state index contributed by atoms with van der Waals surface area (Å²) < 4.78 is 38.4. The largest absolute Gasteiger partial charge is 0.276 e. The highest BCUT2D eigenvalue weighted by Crippen LogP contribution is 1.27. The fourth-order valence-corrected chi connectivity index (χ4v) is 0.500. The van der Waals surface area contributed by atoms with Crippen LogP contribution in [-0.4, -0.2) is 21.1 Å². The normalized spacial score (nSPS) is 6.86. The fraction of sp³-hybridized carbons (Fsp3) is 0. The van der Waals surface area contributed by atoms with Crippen LogP contribution in [0.3, 0.4) is 0 Å². The molecule has 0 heterocycles. The molecule has 0 saturated heterocycles. The van der Waals surface area contributed by atoms with E-state index in [9.17, 15) is 16.8 Å². The monoisotopic (exact) mass is 140 g/mol. The Labute approximate surface area is 42.5 Å². The molecule has 0 bridgehead atoms. The van der Waals surface area contributed by atoms with Crippen molar-refractivity contribution in [2.75, 3.05) is 0 Å². The number of hydrogen-bond acceptors (Lipinski definition) is 4. The van der Waals surface area contributed by atoms with Gasteiger partial charge in [0.25, 0.3) is 20.6 Å². The molecule has 7 heavy (non-hydrogen) atoms. The van der Waals surface area contributed by atoms with Gasteiger partial charge in [0.05, 0.1) is 0 Å². The molecular weight excluding hydrogens is 140 g/mol. The average molecular weight is 140 g/mol. The highest BCUT2D eigenvalue weighted by Gasteiger charge is 1.56. The Bertz CT molecular complexity index is 250. The zero-order valence-electron chi connectivity index (χ0n) is 2.95. The van der Waals surface area contributed by atoms with Gasteiger partial charge in [-0.15, -0.1) is 0 Å². The van der Waals surface area contributed by atoms with Crippen molar-refractivity contribution in [2.45, 2.75) is 0 Å². The molecule has 0 spiro atoms. The quantitative estimate of drug-likeness (QED) is 0.379. The van der Waals surface area contributed by atoms with Crippen molar-refractivity contribution < 1.29 is 16.8 Å². The van der Waals surface area contributed by atoms with Crippen LogP contribution in [0, 0.1) is 0 Å². The van der Waals surface area contributed by atoms with E-state index in [4.69, 9.17) is 0 Å². The van der Waals surface area contributed by atoms with Crippen LogP contribution in [0.25, 0.3) is 0 Å². The minimum atomic E-state index is -2.71. The summed E-state index contributed by atoms with van der Waals surface area (Å²) in [5.41, 5.74) is 0. The molecule has 0 aromatic heterocycles. The lowest BCUT2D eigenvalue weighted by Crippen LogP contribution is -1.58. The van der Waals surface area contributed by atoms with Gasteiger partial charge in [-0.2, -0.15) is 16.8 Å². The second kappa shape index (κ2) is 2.57. The molecule has 0 atom stereocenters. The third-order valence-corrected chi connectivity index (χ3v) is 1.22. The van der Waals surface area contributed by atoms with Gasteiger partial charge in [-0.1, -0.05) is 0 Å². The van der Waals surface area contributed by atoms with Crippen LogP contribution in [0.15, 0.2) is 0 Å². The van der Waals surface area contributed by atoms with Crippen LogP contribution in [0.4, 0.5) is 0 Å². The summed E-state index contributed by atoms with van der Waals surface area (Å²) in [5.74, 6) is 0. The van der Waals surface area contributed by atoms with Gasteiger partial charge in [-0.3, -0.25) is 0 Å². The van der Waals surface area contributed by atoms with Crippen LogP contribution in [0.5, 0.6) is 0 Å². The van der Waals surface area contributed by atoms with Crippen molar-refractivity contribution in [3.8, 4) is 0 Å². The predicted molar refractivity (Wildman–Crippen MR) is 22.8 cm³/mol. The number of hydrogen-bond donors (Lipinski definition) is 0. The zero-order chi connectivity index (χ0) is 5.86. The lowest BCUT2D eigenvalue weighted by Gasteiger charge is -1.30. The first-order chi connectivity index (χ1) is 3.13. The summed E-state index contributed by atoms with van der Waals surface area (Å²) in [6.45, 7) is 0. The maximum Gasteiger partial charge on any atom is 0.276 e. The molecule has 0 N–H and O–H groups in total. The first-order valence-electron chi connectivity index (χ1n) is 1.07. The Kier molecular flexibility index (Phi) is 2.36. The average Bonchev–Trinajstić information content (AvgIpc) is 1.27. The molecule has 0 saturated carbocycles. The van der Waals surface area contributed by atoms with Gasteiger partial charge >= 0.3 is 0 Å². The molecule has 0 fully saturated rings. The summed E-state index contributed by atoms with van der Waals surface area (Å²) >= 11 is 0. The Balaban J connectivity index is 5.91. The Morgan fingerprint density at radius 3 is 1.14 bits per heavy atom. The van der Waals surface area contributed by atoms with Gasteiger partial charge in [0, 0.05) is 0 Å². The zero-order valence-corrected chi connectivity index (χ0v) is 4.58. The molecule has 0 radical (unpaired) electrons. The summed E-state index contributed by atoms with van der Waals surface area (Å²) in [6.07, 6.45) is 0. The molecule has 0 aromatic carbocycles. The molecule has 0 rings (SSSR count). The third kappa shape index (κ3) is 5.42. The first kappa shape index (κ1) is 6.42. The Hall–Kier alpha value is -0.580. The van der Waals surface area contributed by atoms with E-state index in [0.717, 1.165) is 4.31 Å². The van der Waals surface area contributed by atoms with E-state index in [-0.39, 0.29) is 0 Å². The highest BCUT2D eigenvalue weighted by atomic mass is 32.2. The van der Waals surface area contributed by atoms with E-state index in [2.05, 4.69) is 0 Å². The van der Waals surface area contributed by atoms with E-state index in [1.165, 1.54) is 0 Å². The van der Waals surface area contributed by atoms with Gasteiger partial charge in [0.15, 0.2) is 0 Å². The van der Waals surface area contributed by atoms with Crippen molar-refractivity contribution in [3.63, 3.8) is 0 Å². The second-order valence-corrected chi connectivity index (χ2v) is 2.16. The van der Waals surface area contributed by atoms with Crippen LogP contribution in [0.2, 0.25) is 0 Å². The summed E-state index contributed by atoms with van der Waals surface area (Å²) in [5, 5.41) is 0. The minimum absolute atomic E-state index is 1.14. The van der Waals surface area contributed by atoms with Gasteiger partial charge in [0.1, 0.15) is 4.31 Å². The molecular formula is CO4S2. The second-order valence-electron chi connectivity index (χ2n) is 0.553. The molecule has 4 nitrogen and oxygen atoms in total. The van der Waals surface area contributed by atoms with E-state index >= 15 is 0 Å². The Morgan fingerprint density at radius 1 is 0.857 bits per heavy atom. The third-order valence-electron chi connectivity index (χ3n) is 0.136. The van der Waals surface area contributed by atoms with Crippen molar-refractivity contribution in [2.24, 2.45) is 0 Å². The lowest BCUT2D eigenvalue weighted by atomic mass is 12.0. The topological polar surface area (TPSA) is 68.3 Å². The molecule has 0 aliphatic carbocycles. The summed E-state index contributed by atoms with van der Waals surface area (Å²) in [4.78, 5) is 0. The highest BCUT2D eigenvalue weighted by molar-refractivity contribution is 7.86. The van der Waals surface area contributed by atoms with Crippen molar-refractivity contribution in [3.05, 3.63) is 0 Å². The van der Waals surface area contributed by atoms with Gasteiger partial charge in [0.2, 0.25) is 0 Å². The molecule has 0 aliphatic heterocycles. The van der Waals surface area contributed by atoms with Crippen molar-refractivity contribution >= 4 is 24.9 Å². The van der Waals surface area contributed by atoms with Crippen LogP contribution >= 0.6 is 0 Å². The molecule has 0 aliphatic rings. The van der Waals surface area contributed by atoms with E-state index in [1.807, 2.05) is 0 Å². The van der Waals surface area contributed by atoms with Crippen LogP contribution in [0.1, 0.15) is 0 Å². The maximum absolute atomic E-state index is 9.31. The molecule has 0 unspecified atom stereocenters. The maximum atomic E-state index is 9.31. The van der Waals surface area contributed by atoms with Crippen molar-refractivity contribution in [1.29, 1.82) is 0 Å². The standard InChI is InChI=1S/CO4S2/c2-6(3)1-7(4)5. The van der Waals surface area contributed by atoms with E-state index in [0.29, 0.717) is 0 Å². The van der Waals surface area contributed by atoms with Crippen LogP contribution in [-0.2, 0) is 20.6 Å². The summed E-state index contributed by atoms with van der Waals surface area (Å²) in [7, 11) is -5.42. The number of rotatable bonds is 0. The molecule has 0 amide bonds. The van der Waals surface area contributed by atoms with Crippen molar-refractivity contribution in [1.82, 2.24) is 0 Å². The van der Waals surface area contributed by atoms with Crippen LogP contribution < -0.4 is 0 Å². The molecule has 40 valence electrons. The first-order valence-corrected chi connectivity index (χ1v) is 3.22. The minimum Gasteiger partial charge on any atom is -0.174 e. The fourth-order valence-electron chi connectivity index (χ4n) is 0.0556. The van der Waals surface area contributed by atoms with Gasteiger partial charge in [-0.25, -0.2) is 0 Å². The van der Waals surface area contributed by atoms with Gasteiger partial charge in [-0.05, 0) is 0 Å². The smallest absolute Gasteiger partial charge is 0.174 e. The predicted octanol–water partition coefficient (Wildman–Crippen LogP) is -1.62. The SMILES string of the molecule is O=S(=O)=C=S(=O)=O.